The molecule has 9 heteroatoms. The van der Waals surface area contributed by atoms with Gasteiger partial charge in [0, 0.05) is 5.02 Å². The molecule has 0 bridgehead atoms. The number of benzene rings is 3. The molecule has 0 aliphatic carbocycles. The number of methoxy groups -OCH3 is 1. The number of aromatic nitrogens is 1. The van der Waals surface area contributed by atoms with Crippen molar-refractivity contribution in [3.05, 3.63) is 92.3 Å². The number of thiazole rings is 1. The molecule has 3 aromatic carbocycles. The number of fused-ring (bicyclic) bond motifs is 3. The van der Waals surface area contributed by atoms with E-state index in [1.165, 1.54) is 16.2 Å². The molecule has 1 aliphatic rings. The summed E-state index contributed by atoms with van der Waals surface area (Å²) in [6.45, 7) is 4.36. The van der Waals surface area contributed by atoms with Crippen LogP contribution in [-0.2, 0) is 0 Å². The predicted octanol–water partition coefficient (Wildman–Crippen LogP) is 6.52. The van der Waals surface area contributed by atoms with E-state index < -0.39 is 11.9 Å². The van der Waals surface area contributed by atoms with E-state index in [4.69, 9.17) is 30.5 Å². The van der Waals surface area contributed by atoms with E-state index in [0.717, 1.165) is 15.8 Å². The first-order valence-corrected chi connectivity index (χ1v) is 12.9. The molecular formula is C28H21ClN2O5S. The van der Waals surface area contributed by atoms with Gasteiger partial charge in [-0.2, -0.15) is 0 Å². The zero-order valence-corrected chi connectivity index (χ0v) is 21.8. The Morgan fingerprint density at radius 1 is 1.08 bits per heavy atom. The Hall–Kier alpha value is -3.88. The van der Waals surface area contributed by atoms with Gasteiger partial charge in [0.05, 0.1) is 40.9 Å². The molecule has 0 radical (unpaired) electrons. The summed E-state index contributed by atoms with van der Waals surface area (Å²) >= 11 is 7.58. The minimum atomic E-state index is -0.784. The summed E-state index contributed by atoms with van der Waals surface area (Å²) in [7, 11) is 1.55. The second-order valence-corrected chi connectivity index (χ2v) is 10.1. The van der Waals surface area contributed by atoms with Crippen LogP contribution < -0.4 is 19.8 Å². The molecule has 1 atom stereocenters. The number of amides is 1. The number of anilines is 1. The van der Waals surface area contributed by atoms with Crippen molar-refractivity contribution in [2.45, 2.75) is 19.9 Å². The quantitative estimate of drug-likeness (QED) is 0.256. The molecule has 0 fully saturated rings. The highest BCUT2D eigenvalue weighted by molar-refractivity contribution is 7.22. The standard InChI is InChI=1S/C28H21ClN2O5S/c1-4-35-20-9-6-15(12-21(20)34-3)24-23-25(32)17-13-16(29)7-10-19(17)36-26(23)27(33)31(24)28-30-18-8-5-14(2)11-22(18)37-28/h5-13,24H,4H2,1-3H3/t24-/m0/s1. The largest absolute Gasteiger partial charge is 0.493 e. The van der Waals surface area contributed by atoms with Crippen molar-refractivity contribution in [2.24, 2.45) is 0 Å². The van der Waals surface area contributed by atoms with Crippen molar-refractivity contribution >= 4 is 55.2 Å². The number of nitrogens with zero attached hydrogens (tertiary/aromatic N) is 2. The number of rotatable bonds is 5. The third-order valence-electron chi connectivity index (χ3n) is 6.37. The van der Waals surface area contributed by atoms with Crippen LogP contribution in [0.3, 0.4) is 0 Å². The lowest BCUT2D eigenvalue weighted by Crippen LogP contribution is -2.29. The van der Waals surface area contributed by atoms with Gasteiger partial charge in [0.1, 0.15) is 5.58 Å². The van der Waals surface area contributed by atoms with E-state index in [0.29, 0.717) is 44.8 Å². The number of hydrogen-bond donors (Lipinski definition) is 0. The summed E-state index contributed by atoms with van der Waals surface area (Å²) in [5.41, 5.74) is 2.74. The van der Waals surface area contributed by atoms with Crippen molar-refractivity contribution < 1.29 is 18.7 Å². The predicted molar refractivity (Wildman–Crippen MR) is 145 cm³/mol. The van der Waals surface area contributed by atoms with Crippen LogP contribution in [0.2, 0.25) is 5.02 Å². The molecule has 7 nitrogen and oxygen atoms in total. The van der Waals surface area contributed by atoms with Crippen LogP contribution in [0.5, 0.6) is 11.5 Å². The van der Waals surface area contributed by atoms with Gasteiger partial charge in [-0.15, -0.1) is 0 Å². The molecule has 0 N–H and O–H groups in total. The third kappa shape index (κ3) is 3.75. The first-order valence-electron chi connectivity index (χ1n) is 11.7. The number of halogens is 1. The topological polar surface area (TPSA) is 81.9 Å². The minimum absolute atomic E-state index is 0.00638. The number of carbonyl (C=O) groups excluding carboxylic acids is 1. The molecule has 37 heavy (non-hydrogen) atoms. The second kappa shape index (κ2) is 8.90. The molecule has 0 saturated carbocycles. The maximum Gasteiger partial charge on any atom is 0.297 e. The normalized spacial score (nSPS) is 15.0. The lowest BCUT2D eigenvalue weighted by molar-refractivity contribution is 0.0971. The fourth-order valence-corrected chi connectivity index (χ4v) is 5.97. The first-order chi connectivity index (χ1) is 17.9. The number of carbonyl (C=O) groups is 1. The Balaban J connectivity index is 1.62. The summed E-state index contributed by atoms with van der Waals surface area (Å²) in [4.78, 5) is 34.0. The smallest absolute Gasteiger partial charge is 0.297 e. The lowest BCUT2D eigenvalue weighted by Gasteiger charge is -2.23. The summed E-state index contributed by atoms with van der Waals surface area (Å²) in [6, 6.07) is 15.3. The van der Waals surface area contributed by atoms with Crippen LogP contribution in [0.4, 0.5) is 5.13 Å². The van der Waals surface area contributed by atoms with Crippen LogP contribution in [0.1, 0.15) is 40.2 Å². The summed E-state index contributed by atoms with van der Waals surface area (Å²) in [5.74, 6) is 0.622. The number of ether oxygens (including phenoxy) is 2. The van der Waals surface area contributed by atoms with Crippen molar-refractivity contribution in [3.8, 4) is 11.5 Å². The van der Waals surface area contributed by atoms with Gasteiger partial charge in [-0.25, -0.2) is 4.98 Å². The maximum atomic E-state index is 13.9. The van der Waals surface area contributed by atoms with E-state index in [2.05, 4.69) is 0 Å². The van der Waals surface area contributed by atoms with E-state index in [9.17, 15) is 9.59 Å². The van der Waals surface area contributed by atoms with E-state index in [1.54, 1.807) is 37.4 Å². The van der Waals surface area contributed by atoms with Crippen molar-refractivity contribution in [1.82, 2.24) is 4.98 Å². The molecule has 1 amide bonds. The van der Waals surface area contributed by atoms with Gasteiger partial charge in [-0.1, -0.05) is 35.1 Å². The average Bonchev–Trinajstić information content (AvgIpc) is 3.43. The van der Waals surface area contributed by atoms with Crippen molar-refractivity contribution in [3.63, 3.8) is 0 Å². The van der Waals surface area contributed by atoms with Gasteiger partial charge < -0.3 is 13.9 Å². The summed E-state index contributed by atoms with van der Waals surface area (Å²) < 4.78 is 18.2. The van der Waals surface area contributed by atoms with Gasteiger partial charge in [0.2, 0.25) is 5.76 Å². The molecule has 2 aromatic heterocycles. The second-order valence-electron chi connectivity index (χ2n) is 8.70. The zero-order valence-electron chi connectivity index (χ0n) is 20.2. The lowest BCUT2D eigenvalue weighted by atomic mass is 9.98. The summed E-state index contributed by atoms with van der Waals surface area (Å²) in [5, 5.41) is 1.18. The van der Waals surface area contributed by atoms with Crippen LogP contribution in [0, 0.1) is 6.92 Å². The number of hydrogen-bond acceptors (Lipinski definition) is 7. The molecule has 0 saturated heterocycles. The molecule has 5 aromatic rings. The van der Waals surface area contributed by atoms with Gasteiger partial charge >= 0.3 is 0 Å². The first kappa shape index (κ1) is 23.5. The zero-order chi connectivity index (χ0) is 25.8. The van der Waals surface area contributed by atoms with Crippen molar-refractivity contribution in [2.75, 3.05) is 18.6 Å². The molecule has 3 heterocycles. The minimum Gasteiger partial charge on any atom is -0.493 e. The Kier molecular flexibility index (Phi) is 5.66. The molecule has 1 aliphatic heterocycles. The molecular weight excluding hydrogens is 512 g/mol. The van der Waals surface area contributed by atoms with Crippen LogP contribution in [-0.4, -0.2) is 24.6 Å². The van der Waals surface area contributed by atoms with Gasteiger partial charge in [0.15, 0.2) is 22.1 Å². The maximum absolute atomic E-state index is 13.9. The van der Waals surface area contributed by atoms with Gasteiger partial charge in [0.25, 0.3) is 5.91 Å². The molecule has 186 valence electrons. The molecule has 0 unspecified atom stereocenters. The highest BCUT2D eigenvalue weighted by Gasteiger charge is 2.45. The third-order valence-corrected chi connectivity index (χ3v) is 7.63. The Morgan fingerprint density at radius 2 is 1.92 bits per heavy atom. The Labute approximate surface area is 220 Å². The monoisotopic (exact) mass is 532 g/mol. The Morgan fingerprint density at radius 3 is 2.70 bits per heavy atom. The molecule has 0 spiro atoms. The highest BCUT2D eigenvalue weighted by atomic mass is 35.5. The van der Waals surface area contributed by atoms with Gasteiger partial charge in [-0.05, 0) is 67.4 Å². The van der Waals surface area contributed by atoms with Crippen LogP contribution in [0.15, 0.2) is 63.8 Å². The van der Waals surface area contributed by atoms with Crippen LogP contribution in [0.25, 0.3) is 21.2 Å². The SMILES string of the molecule is CCOc1ccc([C@H]2c3c(oc4ccc(Cl)cc4c3=O)C(=O)N2c2nc3ccc(C)cc3s2)cc1OC. The average molecular weight is 533 g/mol. The van der Waals surface area contributed by atoms with E-state index in [-0.39, 0.29) is 16.8 Å². The van der Waals surface area contributed by atoms with E-state index >= 15 is 0 Å². The summed E-state index contributed by atoms with van der Waals surface area (Å²) in [6.07, 6.45) is 0. The van der Waals surface area contributed by atoms with Crippen LogP contribution >= 0.6 is 22.9 Å². The fourth-order valence-electron chi connectivity index (χ4n) is 4.71. The van der Waals surface area contributed by atoms with Crippen molar-refractivity contribution in [1.29, 1.82) is 0 Å². The van der Waals surface area contributed by atoms with Gasteiger partial charge in [-0.3, -0.25) is 14.5 Å². The Bertz CT molecular complexity index is 1780. The fraction of sp³-hybridized carbons (Fsp3) is 0.179. The molecule has 6 rings (SSSR count). The number of aryl methyl sites for hydroxylation is 1. The highest BCUT2D eigenvalue weighted by Crippen LogP contribution is 2.45. The van der Waals surface area contributed by atoms with E-state index in [1.807, 2.05) is 38.1 Å².